The van der Waals surface area contributed by atoms with Crippen molar-refractivity contribution in [3.05, 3.63) is 64.1 Å². The number of amides is 1. The molecular weight excluding hydrogens is 286 g/mol. The summed E-state index contributed by atoms with van der Waals surface area (Å²) in [7, 11) is 0. The van der Waals surface area contributed by atoms with Gasteiger partial charge in [0.25, 0.3) is 5.56 Å². The maximum absolute atomic E-state index is 12.0. The van der Waals surface area contributed by atoms with Crippen LogP contribution in [-0.2, 0) is 11.3 Å². The zero-order valence-corrected chi connectivity index (χ0v) is 12.3. The quantitative estimate of drug-likeness (QED) is 0.838. The van der Waals surface area contributed by atoms with Crippen molar-refractivity contribution in [1.29, 1.82) is 0 Å². The van der Waals surface area contributed by atoms with Gasteiger partial charge in [-0.15, -0.1) is 0 Å². The molecule has 3 N–H and O–H groups in total. The maximum Gasteiger partial charge on any atom is 0.251 e. The van der Waals surface area contributed by atoms with E-state index in [0.717, 1.165) is 11.3 Å². The SMILES string of the molecule is Cc1cccc(=O)n1CC(=O)Nc1ccc(C(N)=S)cc1. The van der Waals surface area contributed by atoms with Crippen LogP contribution in [0.25, 0.3) is 0 Å². The molecule has 0 aliphatic rings. The van der Waals surface area contributed by atoms with Crippen LogP contribution in [0.1, 0.15) is 11.3 Å². The molecule has 2 rings (SSSR count). The fourth-order valence-electron chi connectivity index (χ4n) is 1.89. The first-order valence-electron chi connectivity index (χ1n) is 6.33. The Morgan fingerprint density at radius 1 is 1.24 bits per heavy atom. The second kappa shape index (κ2) is 6.32. The first-order valence-corrected chi connectivity index (χ1v) is 6.74. The van der Waals surface area contributed by atoms with Gasteiger partial charge in [0, 0.05) is 23.0 Å². The van der Waals surface area contributed by atoms with Crippen molar-refractivity contribution in [3.8, 4) is 0 Å². The van der Waals surface area contributed by atoms with Crippen molar-refractivity contribution in [1.82, 2.24) is 4.57 Å². The average molecular weight is 301 g/mol. The van der Waals surface area contributed by atoms with Crippen molar-refractivity contribution in [2.75, 3.05) is 5.32 Å². The summed E-state index contributed by atoms with van der Waals surface area (Å²) in [4.78, 5) is 24.0. The Labute approximate surface area is 127 Å². The highest BCUT2D eigenvalue weighted by atomic mass is 32.1. The Morgan fingerprint density at radius 2 is 1.90 bits per heavy atom. The van der Waals surface area contributed by atoms with Crippen molar-refractivity contribution in [2.45, 2.75) is 13.5 Å². The zero-order valence-electron chi connectivity index (χ0n) is 11.5. The fourth-order valence-corrected chi connectivity index (χ4v) is 2.02. The van der Waals surface area contributed by atoms with E-state index >= 15 is 0 Å². The molecule has 5 nitrogen and oxygen atoms in total. The molecule has 1 heterocycles. The molecule has 108 valence electrons. The van der Waals surface area contributed by atoms with E-state index < -0.39 is 0 Å². The summed E-state index contributed by atoms with van der Waals surface area (Å²) >= 11 is 4.86. The van der Waals surface area contributed by atoms with Crippen LogP contribution in [0.15, 0.2) is 47.3 Å². The number of hydrogen-bond acceptors (Lipinski definition) is 3. The van der Waals surface area contributed by atoms with E-state index in [4.69, 9.17) is 18.0 Å². The molecule has 1 aromatic heterocycles. The average Bonchev–Trinajstić information content (AvgIpc) is 2.43. The van der Waals surface area contributed by atoms with Gasteiger partial charge in [-0.3, -0.25) is 9.59 Å². The summed E-state index contributed by atoms with van der Waals surface area (Å²) in [5, 5.41) is 2.73. The van der Waals surface area contributed by atoms with Gasteiger partial charge < -0.3 is 15.6 Å². The van der Waals surface area contributed by atoms with Gasteiger partial charge in [0.2, 0.25) is 5.91 Å². The molecule has 2 aromatic rings. The van der Waals surface area contributed by atoms with E-state index in [0.29, 0.717) is 10.7 Å². The molecule has 0 radical (unpaired) electrons. The van der Waals surface area contributed by atoms with E-state index in [9.17, 15) is 9.59 Å². The van der Waals surface area contributed by atoms with Crippen molar-refractivity contribution in [3.63, 3.8) is 0 Å². The number of aromatic nitrogens is 1. The van der Waals surface area contributed by atoms with Crippen LogP contribution in [0, 0.1) is 6.92 Å². The van der Waals surface area contributed by atoms with Crippen LogP contribution >= 0.6 is 12.2 Å². The largest absolute Gasteiger partial charge is 0.389 e. The Bertz CT molecular complexity index is 735. The van der Waals surface area contributed by atoms with E-state index in [1.165, 1.54) is 10.6 Å². The number of anilines is 1. The summed E-state index contributed by atoms with van der Waals surface area (Å²) in [5.41, 5.74) is 7.40. The van der Waals surface area contributed by atoms with Crippen molar-refractivity contribution >= 4 is 28.8 Å². The number of nitrogens with zero attached hydrogens (tertiary/aromatic N) is 1. The van der Waals surface area contributed by atoms with Crippen molar-refractivity contribution < 1.29 is 4.79 Å². The lowest BCUT2D eigenvalue weighted by molar-refractivity contribution is -0.116. The first kappa shape index (κ1) is 14.9. The highest BCUT2D eigenvalue weighted by Gasteiger charge is 2.07. The molecule has 0 aliphatic heterocycles. The van der Waals surface area contributed by atoms with Crippen LogP contribution in [0.5, 0.6) is 0 Å². The number of nitrogens with one attached hydrogen (secondary N) is 1. The Balaban J connectivity index is 2.08. The predicted molar refractivity (Wildman–Crippen MR) is 86.4 cm³/mol. The van der Waals surface area contributed by atoms with E-state index in [1.54, 1.807) is 43.3 Å². The molecule has 0 saturated carbocycles. The summed E-state index contributed by atoms with van der Waals surface area (Å²) < 4.78 is 1.42. The number of rotatable bonds is 4. The van der Waals surface area contributed by atoms with Gasteiger partial charge in [0.05, 0.1) is 0 Å². The second-order valence-corrected chi connectivity index (χ2v) is 5.02. The molecule has 0 fully saturated rings. The number of thiocarbonyl (C=S) groups is 1. The minimum atomic E-state index is -0.269. The van der Waals surface area contributed by atoms with Crippen LogP contribution in [0.3, 0.4) is 0 Å². The third kappa shape index (κ3) is 3.76. The Hall–Kier alpha value is -2.47. The molecular formula is C15H15N3O2S. The fraction of sp³-hybridized carbons (Fsp3) is 0.133. The lowest BCUT2D eigenvalue weighted by Crippen LogP contribution is -2.28. The van der Waals surface area contributed by atoms with Crippen LogP contribution in [0.2, 0.25) is 0 Å². The summed E-state index contributed by atoms with van der Waals surface area (Å²) in [6.45, 7) is 1.76. The molecule has 21 heavy (non-hydrogen) atoms. The molecule has 1 amide bonds. The normalized spacial score (nSPS) is 10.1. The molecule has 0 bridgehead atoms. The lowest BCUT2D eigenvalue weighted by atomic mass is 10.2. The highest BCUT2D eigenvalue weighted by Crippen LogP contribution is 2.09. The van der Waals surface area contributed by atoms with Gasteiger partial charge in [-0.2, -0.15) is 0 Å². The smallest absolute Gasteiger partial charge is 0.251 e. The van der Waals surface area contributed by atoms with Gasteiger partial charge in [0.1, 0.15) is 11.5 Å². The molecule has 0 spiro atoms. The minimum Gasteiger partial charge on any atom is -0.389 e. The van der Waals surface area contributed by atoms with E-state index in [1.807, 2.05) is 0 Å². The van der Waals surface area contributed by atoms with Gasteiger partial charge in [-0.1, -0.05) is 18.3 Å². The standard InChI is InChI=1S/C15H15N3O2S/c1-10-3-2-4-14(20)18(10)9-13(19)17-12-7-5-11(6-8-12)15(16)21/h2-8H,9H2,1H3,(H2,16,21)(H,17,19). The number of hydrogen-bond donors (Lipinski definition) is 2. The molecule has 0 aliphatic carbocycles. The Morgan fingerprint density at radius 3 is 2.48 bits per heavy atom. The zero-order chi connectivity index (χ0) is 15.4. The van der Waals surface area contributed by atoms with E-state index in [-0.39, 0.29) is 18.0 Å². The van der Waals surface area contributed by atoms with E-state index in [2.05, 4.69) is 5.32 Å². The number of carbonyl (C=O) groups excluding carboxylic acids is 1. The first-order chi connectivity index (χ1) is 9.97. The summed E-state index contributed by atoms with van der Waals surface area (Å²) in [5.74, 6) is -0.269. The number of benzene rings is 1. The van der Waals surface area contributed by atoms with Gasteiger partial charge >= 0.3 is 0 Å². The monoisotopic (exact) mass is 301 g/mol. The van der Waals surface area contributed by atoms with Crippen LogP contribution in [-0.4, -0.2) is 15.5 Å². The molecule has 6 heteroatoms. The lowest BCUT2D eigenvalue weighted by Gasteiger charge is -2.10. The number of aryl methyl sites for hydroxylation is 1. The molecule has 0 atom stereocenters. The summed E-state index contributed by atoms with van der Waals surface area (Å²) in [6, 6.07) is 11.8. The molecule has 1 aromatic carbocycles. The minimum absolute atomic E-state index is 0.0252. The third-order valence-corrected chi connectivity index (χ3v) is 3.26. The van der Waals surface area contributed by atoms with Crippen LogP contribution < -0.4 is 16.6 Å². The van der Waals surface area contributed by atoms with Gasteiger partial charge in [-0.25, -0.2) is 0 Å². The second-order valence-electron chi connectivity index (χ2n) is 4.58. The maximum atomic E-state index is 12.0. The predicted octanol–water partition coefficient (Wildman–Crippen LogP) is 1.43. The topological polar surface area (TPSA) is 77.1 Å². The Kier molecular flexibility index (Phi) is 4.49. The van der Waals surface area contributed by atoms with Crippen LogP contribution in [0.4, 0.5) is 5.69 Å². The van der Waals surface area contributed by atoms with Gasteiger partial charge in [0.15, 0.2) is 0 Å². The number of nitrogens with two attached hydrogens (primary N) is 1. The number of carbonyl (C=O) groups is 1. The summed E-state index contributed by atoms with van der Waals surface area (Å²) in [6.07, 6.45) is 0. The van der Waals surface area contributed by atoms with Gasteiger partial charge in [-0.05, 0) is 37.3 Å². The molecule has 0 unspecified atom stereocenters. The number of pyridine rings is 1. The molecule has 0 saturated heterocycles. The third-order valence-electron chi connectivity index (χ3n) is 3.02. The van der Waals surface area contributed by atoms with Crippen molar-refractivity contribution in [2.24, 2.45) is 5.73 Å². The highest BCUT2D eigenvalue weighted by molar-refractivity contribution is 7.80.